The van der Waals surface area contributed by atoms with Crippen molar-refractivity contribution in [3.8, 4) is 5.75 Å². The molecule has 0 aliphatic carbocycles. The van der Waals surface area contributed by atoms with E-state index < -0.39 is 9.84 Å². The van der Waals surface area contributed by atoms with Gasteiger partial charge < -0.3 is 15.4 Å². The van der Waals surface area contributed by atoms with Gasteiger partial charge in [0.25, 0.3) is 0 Å². The van der Waals surface area contributed by atoms with Gasteiger partial charge in [-0.1, -0.05) is 6.07 Å². The Morgan fingerprint density at radius 3 is 2.68 bits per heavy atom. The van der Waals surface area contributed by atoms with Gasteiger partial charge >= 0.3 is 0 Å². The lowest BCUT2D eigenvalue weighted by atomic mass is 10.3. The van der Waals surface area contributed by atoms with Crippen molar-refractivity contribution in [2.24, 2.45) is 0 Å². The fraction of sp³-hybridized carbons (Fsp3) is 0.538. The number of anilines is 1. The second-order valence-electron chi connectivity index (χ2n) is 4.77. The van der Waals surface area contributed by atoms with Gasteiger partial charge in [0.1, 0.15) is 5.75 Å². The van der Waals surface area contributed by atoms with Crippen molar-refractivity contribution in [1.82, 2.24) is 4.90 Å². The van der Waals surface area contributed by atoms with Crippen LogP contribution in [0, 0.1) is 0 Å². The minimum atomic E-state index is -2.78. The molecule has 1 heterocycles. The van der Waals surface area contributed by atoms with E-state index in [4.69, 9.17) is 10.5 Å². The predicted octanol–water partition coefficient (Wildman–Crippen LogP) is 0.768. The van der Waals surface area contributed by atoms with Crippen LogP contribution in [0.1, 0.15) is 6.42 Å². The second-order valence-corrected chi connectivity index (χ2v) is 7.07. The molecule has 19 heavy (non-hydrogen) atoms. The zero-order chi connectivity index (χ0) is 13.7. The number of ether oxygens (including phenoxy) is 1. The van der Waals surface area contributed by atoms with Gasteiger partial charge in [-0.25, -0.2) is 8.42 Å². The van der Waals surface area contributed by atoms with Crippen molar-refractivity contribution in [2.45, 2.75) is 6.42 Å². The zero-order valence-electron chi connectivity index (χ0n) is 10.9. The third-order valence-corrected chi connectivity index (χ3v) is 4.79. The van der Waals surface area contributed by atoms with E-state index in [1.165, 1.54) is 0 Å². The van der Waals surface area contributed by atoms with Crippen LogP contribution in [-0.4, -0.2) is 51.1 Å². The maximum atomic E-state index is 11.3. The average Bonchev–Trinajstić information content (AvgIpc) is 2.36. The van der Waals surface area contributed by atoms with Crippen molar-refractivity contribution >= 4 is 15.5 Å². The summed E-state index contributed by atoms with van der Waals surface area (Å²) in [5.41, 5.74) is 6.35. The summed E-state index contributed by atoms with van der Waals surface area (Å²) in [6, 6.07) is 7.36. The molecule has 0 aromatic heterocycles. The van der Waals surface area contributed by atoms with Crippen molar-refractivity contribution in [2.75, 3.05) is 43.5 Å². The standard InChI is InChI=1S/C13H20N2O3S/c14-12-3-1-4-13(11-12)18-8-2-5-15-6-9-19(16,17)10-7-15/h1,3-4,11H,2,5-10,14H2. The number of benzene rings is 1. The van der Waals surface area contributed by atoms with Gasteiger partial charge in [0, 0.05) is 31.4 Å². The first-order chi connectivity index (χ1) is 9.05. The van der Waals surface area contributed by atoms with Gasteiger partial charge in [0.2, 0.25) is 0 Å². The highest BCUT2D eigenvalue weighted by Crippen LogP contribution is 2.14. The molecule has 1 fully saturated rings. The SMILES string of the molecule is Nc1cccc(OCCCN2CCS(=O)(=O)CC2)c1. The lowest BCUT2D eigenvalue weighted by Gasteiger charge is -2.26. The molecular weight excluding hydrogens is 264 g/mol. The molecule has 106 valence electrons. The highest BCUT2D eigenvalue weighted by molar-refractivity contribution is 7.91. The van der Waals surface area contributed by atoms with Crippen LogP contribution in [-0.2, 0) is 9.84 Å². The molecule has 0 radical (unpaired) electrons. The Kier molecular flexibility index (Phi) is 4.66. The second kappa shape index (κ2) is 6.25. The van der Waals surface area contributed by atoms with Crippen molar-refractivity contribution in [1.29, 1.82) is 0 Å². The van der Waals surface area contributed by atoms with Gasteiger partial charge in [-0.3, -0.25) is 0 Å². The molecule has 0 spiro atoms. The molecule has 2 rings (SSSR count). The quantitative estimate of drug-likeness (QED) is 0.638. The molecule has 1 aliphatic heterocycles. The van der Waals surface area contributed by atoms with E-state index in [1.54, 1.807) is 6.07 Å². The van der Waals surface area contributed by atoms with Crippen molar-refractivity contribution in [3.63, 3.8) is 0 Å². The number of nitrogens with two attached hydrogens (primary N) is 1. The lowest BCUT2D eigenvalue weighted by molar-refractivity contribution is 0.246. The Morgan fingerprint density at radius 2 is 2.00 bits per heavy atom. The molecule has 0 bridgehead atoms. The first-order valence-electron chi connectivity index (χ1n) is 6.46. The smallest absolute Gasteiger partial charge is 0.152 e. The summed E-state index contributed by atoms with van der Waals surface area (Å²) >= 11 is 0. The van der Waals surface area contributed by atoms with Crippen LogP contribution in [0.4, 0.5) is 5.69 Å². The first kappa shape index (κ1) is 14.1. The van der Waals surface area contributed by atoms with Crippen LogP contribution in [0.25, 0.3) is 0 Å². The summed E-state index contributed by atoms with van der Waals surface area (Å²) in [6.07, 6.45) is 0.884. The number of rotatable bonds is 5. The van der Waals surface area contributed by atoms with Crippen LogP contribution < -0.4 is 10.5 Å². The van der Waals surface area contributed by atoms with E-state index >= 15 is 0 Å². The van der Waals surface area contributed by atoms with E-state index in [0.717, 1.165) is 18.7 Å². The normalized spacial score (nSPS) is 19.2. The molecule has 0 atom stereocenters. The predicted molar refractivity (Wildman–Crippen MR) is 76.1 cm³/mol. The molecule has 0 saturated carbocycles. The number of hydrogen-bond acceptors (Lipinski definition) is 5. The maximum absolute atomic E-state index is 11.3. The summed E-state index contributed by atoms with van der Waals surface area (Å²) in [7, 11) is -2.78. The minimum absolute atomic E-state index is 0.281. The van der Waals surface area contributed by atoms with E-state index in [-0.39, 0.29) is 11.5 Å². The van der Waals surface area contributed by atoms with Crippen molar-refractivity contribution < 1.29 is 13.2 Å². The molecule has 0 unspecified atom stereocenters. The summed E-state index contributed by atoms with van der Waals surface area (Å²) in [4.78, 5) is 2.17. The number of nitrogen functional groups attached to an aromatic ring is 1. The summed E-state index contributed by atoms with van der Waals surface area (Å²) in [5.74, 6) is 1.34. The third kappa shape index (κ3) is 4.72. The highest BCUT2D eigenvalue weighted by Gasteiger charge is 2.20. The van der Waals surface area contributed by atoms with Gasteiger partial charge in [-0.15, -0.1) is 0 Å². The lowest BCUT2D eigenvalue weighted by Crippen LogP contribution is -2.40. The van der Waals surface area contributed by atoms with Gasteiger partial charge in [-0.2, -0.15) is 0 Å². The Morgan fingerprint density at radius 1 is 1.26 bits per heavy atom. The molecule has 1 aromatic carbocycles. The summed E-state index contributed by atoms with van der Waals surface area (Å²) in [5, 5.41) is 0. The van der Waals surface area contributed by atoms with E-state index in [2.05, 4.69) is 4.90 Å². The topological polar surface area (TPSA) is 72.6 Å². The van der Waals surface area contributed by atoms with Crippen LogP contribution in [0.5, 0.6) is 5.75 Å². The Hall–Kier alpha value is -1.27. The van der Waals surface area contributed by atoms with E-state index in [0.29, 0.717) is 25.4 Å². The van der Waals surface area contributed by atoms with E-state index in [9.17, 15) is 8.42 Å². The van der Waals surface area contributed by atoms with Crippen LogP contribution in [0.15, 0.2) is 24.3 Å². The van der Waals surface area contributed by atoms with Crippen LogP contribution >= 0.6 is 0 Å². The average molecular weight is 284 g/mol. The Labute approximate surface area is 114 Å². The molecule has 6 heteroatoms. The van der Waals surface area contributed by atoms with Gasteiger partial charge in [0.05, 0.1) is 18.1 Å². The molecule has 0 amide bonds. The number of sulfone groups is 1. The Balaban J connectivity index is 1.65. The van der Waals surface area contributed by atoms with E-state index in [1.807, 2.05) is 18.2 Å². The molecule has 1 saturated heterocycles. The summed E-state index contributed by atoms with van der Waals surface area (Å²) in [6.45, 7) is 2.77. The van der Waals surface area contributed by atoms with Gasteiger partial charge in [0.15, 0.2) is 9.84 Å². The maximum Gasteiger partial charge on any atom is 0.152 e. The Bertz CT molecular complexity index is 502. The molecule has 1 aromatic rings. The number of hydrogen-bond donors (Lipinski definition) is 1. The molecule has 2 N–H and O–H groups in total. The zero-order valence-corrected chi connectivity index (χ0v) is 11.7. The first-order valence-corrected chi connectivity index (χ1v) is 8.28. The third-order valence-electron chi connectivity index (χ3n) is 3.18. The van der Waals surface area contributed by atoms with Crippen molar-refractivity contribution in [3.05, 3.63) is 24.3 Å². The molecule has 5 nitrogen and oxygen atoms in total. The van der Waals surface area contributed by atoms with Crippen LogP contribution in [0.2, 0.25) is 0 Å². The fourth-order valence-corrected chi connectivity index (χ4v) is 3.33. The largest absolute Gasteiger partial charge is 0.493 e. The van der Waals surface area contributed by atoms with Gasteiger partial charge in [-0.05, 0) is 18.6 Å². The number of nitrogens with zero attached hydrogens (tertiary/aromatic N) is 1. The fourth-order valence-electron chi connectivity index (χ4n) is 2.06. The highest BCUT2D eigenvalue weighted by atomic mass is 32.2. The molecular formula is C13H20N2O3S. The summed E-state index contributed by atoms with van der Waals surface area (Å²) < 4.78 is 28.2. The monoisotopic (exact) mass is 284 g/mol. The minimum Gasteiger partial charge on any atom is -0.493 e. The van der Waals surface area contributed by atoms with Crippen LogP contribution in [0.3, 0.4) is 0 Å². The molecule has 1 aliphatic rings.